The van der Waals surface area contributed by atoms with Gasteiger partial charge in [-0.3, -0.25) is 20.0 Å². The van der Waals surface area contributed by atoms with Gasteiger partial charge in [0.25, 0.3) is 11.2 Å². The molecule has 0 bridgehead atoms. The third-order valence-electron chi connectivity index (χ3n) is 3.17. The zero-order valence-electron chi connectivity index (χ0n) is 11.7. The molecule has 0 fully saturated rings. The Morgan fingerprint density at radius 2 is 1.87 bits per heavy atom. The van der Waals surface area contributed by atoms with Crippen LogP contribution in [0.15, 0.2) is 59.4 Å². The number of nitro groups is 1. The van der Waals surface area contributed by atoms with Gasteiger partial charge in [0.2, 0.25) is 0 Å². The first-order valence-electron chi connectivity index (χ1n) is 6.63. The van der Waals surface area contributed by atoms with Crippen LogP contribution < -0.4 is 10.9 Å². The molecule has 3 rings (SSSR count). The SMILES string of the molecule is O=c1cc(Nc2ccc([N+](=O)[O-])cc2Cl)[nH]n1-c1ccccc1. The summed E-state index contributed by atoms with van der Waals surface area (Å²) in [4.78, 5) is 22.2. The van der Waals surface area contributed by atoms with E-state index in [0.717, 1.165) is 0 Å². The number of rotatable bonds is 4. The van der Waals surface area contributed by atoms with Crippen LogP contribution in [0.1, 0.15) is 0 Å². The lowest BCUT2D eigenvalue weighted by Gasteiger charge is -2.06. The van der Waals surface area contributed by atoms with E-state index < -0.39 is 4.92 Å². The van der Waals surface area contributed by atoms with E-state index in [2.05, 4.69) is 10.4 Å². The molecule has 2 aromatic carbocycles. The molecule has 2 N–H and O–H groups in total. The number of non-ortho nitro benzene ring substituents is 1. The Labute approximate surface area is 135 Å². The Morgan fingerprint density at radius 3 is 2.52 bits per heavy atom. The van der Waals surface area contributed by atoms with Crippen LogP contribution >= 0.6 is 11.6 Å². The molecule has 0 unspecified atom stereocenters. The van der Waals surface area contributed by atoms with E-state index >= 15 is 0 Å². The maximum atomic E-state index is 12.0. The maximum Gasteiger partial charge on any atom is 0.273 e. The van der Waals surface area contributed by atoms with Crippen LogP contribution in [0.2, 0.25) is 5.02 Å². The fourth-order valence-corrected chi connectivity index (χ4v) is 2.31. The zero-order chi connectivity index (χ0) is 16.4. The Hall–Kier alpha value is -3.06. The fourth-order valence-electron chi connectivity index (χ4n) is 2.09. The third-order valence-corrected chi connectivity index (χ3v) is 3.48. The fraction of sp³-hybridized carbons (Fsp3) is 0. The van der Waals surface area contributed by atoms with Crippen molar-refractivity contribution >= 4 is 28.8 Å². The molecule has 1 aromatic heterocycles. The molecule has 0 spiro atoms. The first kappa shape index (κ1) is 14.9. The molecule has 116 valence electrons. The van der Waals surface area contributed by atoms with Crippen LogP contribution in [-0.4, -0.2) is 14.7 Å². The molecule has 3 aromatic rings. The predicted octanol–water partition coefficient (Wildman–Crippen LogP) is 3.47. The standard InChI is InChI=1S/C15H11ClN4O3/c16-12-8-11(20(22)23)6-7-13(12)17-14-9-15(21)19(18-14)10-4-2-1-3-5-10/h1-9,17-18H. The van der Waals surface area contributed by atoms with Crippen LogP contribution in [0.5, 0.6) is 0 Å². The van der Waals surface area contributed by atoms with E-state index in [9.17, 15) is 14.9 Å². The second kappa shape index (κ2) is 5.98. The highest BCUT2D eigenvalue weighted by atomic mass is 35.5. The zero-order valence-corrected chi connectivity index (χ0v) is 12.4. The van der Waals surface area contributed by atoms with Crippen molar-refractivity contribution in [3.63, 3.8) is 0 Å². The Morgan fingerprint density at radius 1 is 1.13 bits per heavy atom. The normalized spacial score (nSPS) is 10.5. The number of para-hydroxylation sites is 1. The number of aromatic amines is 1. The number of hydrogen-bond donors (Lipinski definition) is 2. The molecular weight excluding hydrogens is 320 g/mol. The molecule has 1 heterocycles. The second-order valence-electron chi connectivity index (χ2n) is 4.73. The number of anilines is 2. The number of benzene rings is 2. The maximum absolute atomic E-state index is 12.0. The molecule has 0 aliphatic heterocycles. The minimum absolute atomic E-state index is 0.101. The van der Waals surface area contributed by atoms with Gasteiger partial charge in [-0.1, -0.05) is 29.8 Å². The van der Waals surface area contributed by atoms with Crippen LogP contribution in [0.25, 0.3) is 5.69 Å². The number of nitro benzene ring substituents is 1. The molecule has 0 saturated carbocycles. The molecule has 0 aliphatic carbocycles. The van der Waals surface area contributed by atoms with Crippen molar-refractivity contribution in [2.75, 3.05) is 5.32 Å². The topological polar surface area (TPSA) is 93.0 Å². The van der Waals surface area contributed by atoms with Gasteiger partial charge in [-0.2, -0.15) is 0 Å². The van der Waals surface area contributed by atoms with E-state index in [1.54, 1.807) is 12.1 Å². The average molecular weight is 331 g/mol. The highest BCUT2D eigenvalue weighted by Crippen LogP contribution is 2.28. The van der Waals surface area contributed by atoms with E-state index in [1.165, 1.54) is 28.9 Å². The van der Waals surface area contributed by atoms with Crippen LogP contribution in [0, 0.1) is 10.1 Å². The quantitative estimate of drug-likeness (QED) is 0.566. The summed E-state index contributed by atoms with van der Waals surface area (Å²) in [5.41, 5.74) is 0.812. The van der Waals surface area contributed by atoms with Crippen molar-refractivity contribution in [2.24, 2.45) is 0 Å². The first-order valence-corrected chi connectivity index (χ1v) is 7.01. The lowest BCUT2D eigenvalue weighted by atomic mass is 10.3. The van der Waals surface area contributed by atoms with Crippen molar-refractivity contribution in [1.29, 1.82) is 0 Å². The van der Waals surface area contributed by atoms with E-state index in [4.69, 9.17) is 11.6 Å². The third kappa shape index (κ3) is 3.09. The van der Waals surface area contributed by atoms with Gasteiger partial charge in [-0.25, -0.2) is 4.68 Å². The van der Waals surface area contributed by atoms with Gasteiger partial charge in [0.15, 0.2) is 0 Å². The van der Waals surface area contributed by atoms with Crippen molar-refractivity contribution < 1.29 is 4.92 Å². The van der Waals surface area contributed by atoms with Gasteiger partial charge < -0.3 is 5.32 Å². The number of aromatic nitrogens is 2. The first-order chi connectivity index (χ1) is 11.0. The summed E-state index contributed by atoms with van der Waals surface area (Å²) in [6.07, 6.45) is 0. The molecule has 0 amide bonds. The summed E-state index contributed by atoms with van der Waals surface area (Å²) in [6.45, 7) is 0. The monoisotopic (exact) mass is 330 g/mol. The van der Waals surface area contributed by atoms with Gasteiger partial charge >= 0.3 is 0 Å². The second-order valence-corrected chi connectivity index (χ2v) is 5.13. The summed E-state index contributed by atoms with van der Waals surface area (Å²) in [5.74, 6) is 0.426. The molecule has 0 atom stereocenters. The van der Waals surface area contributed by atoms with Crippen molar-refractivity contribution in [3.8, 4) is 5.69 Å². The lowest BCUT2D eigenvalue weighted by Crippen LogP contribution is -2.12. The summed E-state index contributed by atoms with van der Waals surface area (Å²) >= 11 is 6.02. The van der Waals surface area contributed by atoms with E-state index in [0.29, 0.717) is 17.2 Å². The largest absolute Gasteiger partial charge is 0.339 e. The van der Waals surface area contributed by atoms with Crippen molar-refractivity contribution in [1.82, 2.24) is 9.78 Å². The minimum atomic E-state index is -0.524. The average Bonchev–Trinajstić information content (AvgIpc) is 2.90. The molecular formula is C15H11ClN4O3. The number of nitrogens with one attached hydrogen (secondary N) is 2. The van der Waals surface area contributed by atoms with Gasteiger partial charge in [0.1, 0.15) is 5.82 Å². The number of hydrogen-bond acceptors (Lipinski definition) is 4. The van der Waals surface area contributed by atoms with Crippen LogP contribution in [0.3, 0.4) is 0 Å². The molecule has 8 heteroatoms. The van der Waals surface area contributed by atoms with Gasteiger partial charge in [0.05, 0.1) is 21.3 Å². The molecule has 23 heavy (non-hydrogen) atoms. The molecule has 0 saturated heterocycles. The van der Waals surface area contributed by atoms with Crippen LogP contribution in [-0.2, 0) is 0 Å². The highest BCUT2D eigenvalue weighted by molar-refractivity contribution is 6.33. The number of nitrogens with zero attached hydrogens (tertiary/aromatic N) is 2. The van der Waals surface area contributed by atoms with Crippen LogP contribution in [0.4, 0.5) is 17.2 Å². The van der Waals surface area contributed by atoms with Crippen molar-refractivity contribution in [2.45, 2.75) is 0 Å². The number of H-pyrrole nitrogens is 1. The summed E-state index contributed by atoms with van der Waals surface area (Å²) in [6, 6.07) is 14.5. The van der Waals surface area contributed by atoms with Gasteiger partial charge in [0, 0.05) is 18.2 Å². The van der Waals surface area contributed by atoms with Crippen molar-refractivity contribution in [3.05, 3.63) is 80.1 Å². The predicted molar refractivity (Wildman–Crippen MR) is 87.8 cm³/mol. The van der Waals surface area contributed by atoms with Gasteiger partial charge in [-0.05, 0) is 18.2 Å². The smallest absolute Gasteiger partial charge is 0.273 e. The number of halogens is 1. The Bertz CT molecular complexity index is 918. The minimum Gasteiger partial charge on any atom is -0.339 e. The summed E-state index contributed by atoms with van der Waals surface area (Å²) in [7, 11) is 0. The van der Waals surface area contributed by atoms with Gasteiger partial charge in [-0.15, -0.1) is 0 Å². The lowest BCUT2D eigenvalue weighted by molar-refractivity contribution is -0.384. The van der Waals surface area contributed by atoms with E-state index in [1.807, 2.05) is 18.2 Å². The van der Waals surface area contributed by atoms with E-state index in [-0.39, 0.29) is 16.3 Å². The molecule has 7 nitrogen and oxygen atoms in total. The Balaban J connectivity index is 1.90. The highest BCUT2D eigenvalue weighted by Gasteiger charge is 2.11. The summed E-state index contributed by atoms with van der Waals surface area (Å²) < 4.78 is 1.38. The molecule has 0 radical (unpaired) electrons. The molecule has 0 aliphatic rings. The summed E-state index contributed by atoms with van der Waals surface area (Å²) in [5, 5.41) is 16.7. The Kier molecular flexibility index (Phi) is 3.86.